The van der Waals surface area contributed by atoms with Gasteiger partial charge in [-0.05, 0) is 70.6 Å². The molecular formula is C24H30Br2N2O3. The molecule has 2 rings (SSSR count). The quantitative estimate of drug-likeness (QED) is 0.473. The second kappa shape index (κ2) is 11.1. The van der Waals surface area contributed by atoms with Gasteiger partial charge in [0.1, 0.15) is 11.8 Å². The number of rotatable bonds is 8. The standard InChI is InChI=1S/C24H30Br2N2O3/c1-6-27-23(30)16(2)28(14-17-8-7-9-19(25)12-17)22(29)15-31-21-11-10-18(13-20(21)26)24(3,4)5/h7-13,16H,6,14-15H2,1-5H3,(H,27,30)/t16-/m0/s1. The summed E-state index contributed by atoms with van der Waals surface area (Å²) in [6.45, 7) is 10.7. The first kappa shape index (κ1) is 25.4. The molecule has 0 spiro atoms. The molecule has 0 heterocycles. The molecule has 0 aliphatic heterocycles. The van der Waals surface area contributed by atoms with Crippen LogP contribution < -0.4 is 10.1 Å². The molecule has 1 N–H and O–H groups in total. The molecule has 0 radical (unpaired) electrons. The van der Waals surface area contributed by atoms with Gasteiger partial charge in [0.25, 0.3) is 5.91 Å². The highest BCUT2D eigenvalue weighted by molar-refractivity contribution is 9.10. The minimum atomic E-state index is -0.623. The molecule has 0 saturated heterocycles. The van der Waals surface area contributed by atoms with Crippen LogP contribution in [0.5, 0.6) is 5.75 Å². The number of carbonyl (C=O) groups excluding carboxylic acids is 2. The van der Waals surface area contributed by atoms with Crippen molar-refractivity contribution in [3.63, 3.8) is 0 Å². The van der Waals surface area contributed by atoms with Crippen LogP contribution in [0, 0.1) is 0 Å². The SMILES string of the molecule is CCNC(=O)[C@H](C)N(Cc1cccc(Br)c1)C(=O)COc1ccc(C(C)(C)C)cc1Br. The molecule has 2 aromatic carbocycles. The summed E-state index contributed by atoms with van der Waals surface area (Å²) in [7, 11) is 0. The van der Waals surface area contributed by atoms with Crippen molar-refractivity contribution in [3.05, 3.63) is 62.5 Å². The van der Waals surface area contributed by atoms with Crippen LogP contribution in [0.25, 0.3) is 0 Å². The van der Waals surface area contributed by atoms with Gasteiger partial charge in [-0.25, -0.2) is 0 Å². The molecule has 5 nitrogen and oxygen atoms in total. The van der Waals surface area contributed by atoms with Crippen LogP contribution in [0.3, 0.4) is 0 Å². The summed E-state index contributed by atoms with van der Waals surface area (Å²) >= 11 is 7.00. The van der Waals surface area contributed by atoms with E-state index in [0.717, 1.165) is 14.5 Å². The molecule has 2 amide bonds. The fraction of sp³-hybridized carbons (Fsp3) is 0.417. The summed E-state index contributed by atoms with van der Waals surface area (Å²) in [6, 6.07) is 12.9. The smallest absolute Gasteiger partial charge is 0.261 e. The Morgan fingerprint density at radius 3 is 2.42 bits per heavy atom. The molecule has 0 aromatic heterocycles. The Hall–Kier alpha value is -1.86. The molecule has 2 aromatic rings. The Kier molecular flexibility index (Phi) is 9.13. The van der Waals surface area contributed by atoms with Gasteiger partial charge in [0.05, 0.1) is 4.47 Å². The molecule has 1 atom stereocenters. The lowest BCUT2D eigenvalue weighted by molar-refractivity contribution is -0.142. The molecule has 31 heavy (non-hydrogen) atoms. The number of hydrogen-bond acceptors (Lipinski definition) is 3. The number of nitrogens with zero attached hydrogens (tertiary/aromatic N) is 1. The minimum absolute atomic E-state index is 0.0136. The molecule has 0 unspecified atom stereocenters. The van der Waals surface area contributed by atoms with E-state index in [9.17, 15) is 9.59 Å². The number of hydrogen-bond donors (Lipinski definition) is 1. The van der Waals surface area contributed by atoms with Crippen molar-refractivity contribution in [2.45, 2.75) is 52.6 Å². The number of nitrogens with one attached hydrogen (secondary N) is 1. The van der Waals surface area contributed by atoms with Crippen molar-refractivity contribution >= 4 is 43.7 Å². The fourth-order valence-electron chi connectivity index (χ4n) is 3.04. The maximum absolute atomic E-state index is 13.1. The number of carbonyl (C=O) groups is 2. The Morgan fingerprint density at radius 1 is 1.13 bits per heavy atom. The van der Waals surface area contributed by atoms with Crippen LogP contribution >= 0.6 is 31.9 Å². The first-order valence-electron chi connectivity index (χ1n) is 10.3. The van der Waals surface area contributed by atoms with Crippen molar-refractivity contribution in [2.24, 2.45) is 0 Å². The molecular weight excluding hydrogens is 524 g/mol. The van der Waals surface area contributed by atoms with E-state index in [2.05, 4.69) is 57.9 Å². The lowest BCUT2D eigenvalue weighted by Crippen LogP contribution is -2.49. The summed E-state index contributed by atoms with van der Waals surface area (Å²) in [5, 5.41) is 2.79. The van der Waals surface area contributed by atoms with Crippen LogP contribution in [-0.2, 0) is 21.5 Å². The highest BCUT2D eigenvalue weighted by Gasteiger charge is 2.26. The Morgan fingerprint density at radius 2 is 1.84 bits per heavy atom. The van der Waals surface area contributed by atoms with E-state index in [1.807, 2.05) is 49.4 Å². The molecule has 0 saturated carbocycles. The van der Waals surface area contributed by atoms with Gasteiger partial charge in [-0.3, -0.25) is 9.59 Å². The van der Waals surface area contributed by atoms with Crippen molar-refractivity contribution in [1.82, 2.24) is 10.2 Å². The van der Waals surface area contributed by atoms with Gasteiger partial charge >= 0.3 is 0 Å². The largest absolute Gasteiger partial charge is 0.483 e. The normalized spacial score (nSPS) is 12.2. The van der Waals surface area contributed by atoms with Crippen LogP contribution in [0.2, 0.25) is 0 Å². The van der Waals surface area contributed by atoms with E-state index in [0.29, 0.717) is 18.8 Å². The average Bonchev–Trinajstić information content (AvgIpc) is 2.70. The van der Waals surface area contributed by atoms with E-state index in [1.165, 1.54) is 5.56 Å². The maximum Gasteiger partial charge on any atom is 0.261 e. The highest BCUT2D eigenvalue weighted by atomic mass is 79.9. The zero-order valence-corrected chi connectivity index (χ0v) is 21.8. The van der Waals surface area contributed by atoms with Crippen molar-refractivity contribution in [3.8, 4) is 5.75 Å². The summed E-state index contributed by atoms with van der Waals surface area (Å²) in [4.78, 5) is 27.1. The van der Waals surface area contributed by atoms with Crippen molar-refractivity contribution in [1.29, 1.82) is 0 Å². The van der Waals surface area contributed by atoms with Crippen molar-refractivity contribution < 1.29 is 14.3 Å². The van der Waals surface area contributed by atoms with Crippen LogP contribution in [-0.4, -0.2) is 35.9 Å². The topological polar surface area (TPSA) is 58.6 Å². The summed E-state index contributed by atoms with van der Waals surface area (Å²) in [5.74, 6) is 0.140. The number of likely N-dealkylation sites (N-methyl/N-ethyl adjacent to an activating group) is 1. The first-order chi connectivity index (χ1) is 14.5. The Balaban J connectivity index is 2.17. The van der Waals surface area contributed by atoms with Gasteiger partial charge in [0, 0.05) is 17.6 Å². The van der Waals surface area contributed by atoms with Gasteiger partial charge in [-0.2, -0.15) is 0 Å². The van der Waals surface area contributed by atoms with E-state index in [-0.39, 0.29) is 23.8 Å². The summed E-state index contributed by atoms with van der Waals surface area (Å²) < 4.78 is 7.53. The van der Waals surface area contributed by atoms with E-state index in [4.69, 9.17) is 4.74 Å². The summed E-state index contributed by atoms with van der Waals surface area (Å²) in [6.07, 6.45) is 0. The van der Waals surface area contributed by atoms with E-state index < -0.39 is 6.04 Å². The van der Waals surface area contributed by atoms with E-state index in [1.54, 1.807) is 11.8 Å². The first-order valence-corrected chi connectivity index (χ1v) is 11.9. The highest BCUT2D eigenvalue weighted by Crippen LogP contribution is 2.31. The fourth-order valence-corrected chi connectivity index (χ4v) is 3.98. The molecule has 168 valence electrons. The number of amides is 2. The van der Waals surface area contributed by atoms with Gasteiger partial charge in [0.2, 0.25) is 5.91 Å². The molecule has 0 bridgehead atoms. The molecule has 0 aliphatic carbocycles. The monoisotopic (exact) mass is 552 g/mol. The Bertz CT molecular complexity index is 925. The van der Waals surface area contributed by atoms with Gasteiger partial charge in [-0.15, -0.1) is 0 Å². The second-order valence-corrected chi connectivity index (χ2v) is 10.2. The van der Waals surface area contributed by atoms with Crippen molar-refractivity contribution in [2.75, 3.05) is 13.2 Å². The van der Waals surface area contributed by atoms with E-state index >= 15 is 0 Å². The zero-order chi connectivity index (χ0) is 23.2. The molecule has 0 fully saturated rings. The number of halogens is 2. The number of benzene rings is 2. The van der Waals surface area contributed by atoms with Gasteiger partial charge < -0.3 is 15.0 Å². The molecule has 7 heteroatoms. The minimum Gasteiger partial charge on any atom is -0.483 e. The predicted molar refractivity (Wildman–Crippen MR) is 131 cm³/mol. The lowest BCUT2D eigenvalue weighted by atomic mass is 9.87. The van der Waals surface area contributed by atoms with Gasteiger partial charge in [-0.1, -0.05) is 54.9 Å². The third-order valence-corrected chi connectivity index (χ3v) is 6.02. The zero-order valence-electron chi connectivity index (χ0n) is 18.7. The van der Waals surface area contributed by atoms with Crippen LogP contribution in [0.4, 0.5) is 0 Å². The predicted octanol–water partition coefficient (Wildman–Crippen LogP) is 5.44. The second-order valence-electron chi connectivity index (χ2n) is 8.41. The van der Waals surface area contributed by atoms with Gasteiger partial charge in [0.15, 0.2) is 6.61 Å². The van der Waals surface area contributed by atoms with Crippen LogP contribution in [0.15, 0.2) is 51.4 Å². The average molecular weight is 554 g/mol. The summed E-state index contributed by atoms with van der Waals surface area (Å²) in [5.41, 5.74) is 2.11. The molecule has 0 aliphatic rings. The maximum atomic E-state index is 13.1. The lowest BCUT2D eigenvalue weighted by Gasteiger charge is -2.29. The third kappa shape index (κ3) is 7.35. The Labute approximate surface area is 201 Å². The van der Waals surface area contributed by atoms with Crippen LogP contribution in [0.1, 0.15) is 45.7 Å². The third-order valence-electron chi connectivity index (χ3n) is 4.91. The number of ether oxygens (including phenoxy) is 1.